The molecule has 1 atom stereocenters. The Labute approximate surface area is 136 Å². The van der Waals surface area contributed by atoms with Gasteiger partial charge in [-0.15, -0.1) is 0 Å². The second-order valence-electron chi connectivity index (χ2n) is 6.52. The molecule has 23 heavy (non-hydrogen) atoms. The molecular weight excluding hydrogens is 288 g/mol. The topological polar surface area (TPSA) is 59.0 Å². The molecule has 1 aliphatic carbocycles. The van der Waals surface area contributed by atoms with E-state index in [-0.39, 0.29) is 11.9 Å². The minimum absolute atomic E-state index is 0.0858. The van der Waals surface area contributed by atoms with Crippen LogP contribution in [-0.2, 0) is 13.5 Å². The Morgan fingerprint density at radius 2 is 2.22 bits per heavy atom. The van der Waals surface area contributed by atoms with Crippen molar-refractivity contribution in [2.75, 3.05) is 13.1 Å². The molecule has 1 unspecified atom stereocenters. The van der Waals surface area contributed by atoms with E-state index in [2.05, 4.69) is 40.0 Å². The van der Waals surface area contributed by atoms with E-state index in [1.165, 1.54) is 29.7 Å². The van der Waals surface area contributed by atoms with E-state index in [0.29, 0.717) is 18.2 Å². The summed E-state index contributed by atoms with van der Waals surface area (Å²) in [6.07, 6.45) is 3.47. The lowest BCUT2D eigenvalue weighted by Gasteiger charge is -2.27. The van der Waals surface area contributed by atoms with Crippen molar-refractivity contribution < 1.29 is 4.79 Å². The number of nitrogens with one attached hydrogen (secondary N) is 2. The summed E-state index contributed by atoms with van der Waals surface area (Å²) < 4.78 is 1.85. The first-order valence-corrected chi connectivity index (χ1v) is 8.35. The van der Waals surface area contributed by atoms with Gasteiger partial charge < -0.3 is 10.6 Å². The van der Waals surface area contributed by atoms with Gasteiger partial charge in [-0.05, 0) is 43.0 Å². The maximum Gasteiger partial charge on any atom is 0.271 e. The van der Waals surface area contributed by atoms with Gasteiger partial charge in [0.1, 0.15) is 5.69 Å². The summed E-state index contributed by atoms with van der Waals surface area (Å²) in [6.45, 7) is 1.54. The summed E-state index contributed by atoms with van der Waals surface area (Å²) in [7, 11) is 1.92. The molecule has 2 aliphatic rings. The number of hydrogen-bond donors (Lipinski definition) is 2. The molecule has 2 aromatic rings. The number of hydrogen-bond acceptors (Lipinski definition) is 3. The van der Waals surface area contributed by atoms with Crippen molar-refractivity contribution in [3.05, 3.63) is 52.8 Å². The number of nitrogens with zero attached hydrogens (tertiary/aromatic N) is 2. The molecule has 1 aromatic carbocycles. The Hall–Kier alpha value is -2.14. The van der Waals surface area contributed by atoms with E-state index in [0.717, 1.165) is 13.0 Å². The number of amides is 1. The molecule has 1 aliphatic heterocycles. The minimum Gasteiger partial charge on any atom is -0.349 e. The molecule has 1 amide bonds. The van der Waals surface area contributed by atoms with Crippen LogP contribution in [0.1, 0.15) is 52.1 Å². The lowest BCUT2D eigenvalue weighted by Crippen LogP contribution is -2.39. The highest BCUT2D eigenvalue weighted by atomic mass is 16.1. The van der Waals surface area contributed by atoms with Gasteiger partial charge >= 0.3 is 0 Å². The van der Waals surface area contributed by atoms with E-state index in [1.807, 2.05) is 17.8 Å². The van der Waals surface area contributed by atoms with Crippen LogP contribution in [0.4, 0.5) is 0 Å². The number of carbonyl (C=O) groups is 1. The number of carbonyl (C=O) groups excluding carboxylic acids is 1. The van der Waals surface area contributed by atoms with Gasteiger partial charge in [0.15, 0.2) is 0 Å². The van der Waals surface area contributed by atoms with Gasteiger partial charge in [-0.3, -0.25) is 9.48 Å². The van der Waals surface area contributed by atoms with Crippen LogP contribution in [0.25, 0.3) is 0 Å². The predicted molar refractivity (Wildman–Crippen MR) is 88.4 cm³/mol. The molecule has 120 valence electrons. The molecule has 0 spiro atoms. The second-order valence-corrected chi connectivity index (χ2v) is 6.52. The average Bonchev–Trinajstić information content (AvgIpc) is 3.34. The van der Waals surface area contributed by atoms with Crippen LogP contribution < -0.4 is 10.6 Å². The van der Waals surface area contributed by atoms with E-state index in [1.54, 1.807) is 0 Å². The van der Waals surface area contributed by atoms with Crippen molar-refractivity contribution in [3.63, 3.8) is 0 Å². The molecule has 1 fully saturated rings. The Morgan fingerprint density at radius 1 is 1.39 bits per heavy atom. The van der Waals surface area contributed by atoms with Crippen LogP contribution in [0.5, 0.6) is 0 Å². The van der Waals surface area contributed by atoms with Crippen LogP contribution in [0.15, 0.2) is 30.3 Å². The molecular formula is C18H22N4O. The van der Waals surface area contributed by atoms with Crippen molar-refractivity contribution in [2.45, 2.75) is 31.2 Å². The third kappa shape index (κ3) is 2.88. The SMILES string of the molecule is Cn1nc(C(=O)NCC2NCCc3ccccc32)cc1C1CC1. The molecule has 0 bridgehead atoms. The zero-order valence-corrected chi connectivity index (χ0v) is 13.4. The Kier molecular flexibility index (Phi) is 3.65. The smallest absolute Gasteiger partial charge is 0.271 e. The first-order valence-electron chi connectivity index (χ1n) is 8.35. The van der Waals surface area contributed by atoms with Gasteiger partial charge in [0.2, 0.25) is 0 Å². The average molecular weight is 310 g/mol. The van der Waals surface area contributed by atoms with E-state index < -0.39 is 0 Å². The fourth-order valence-electron chi connectivity index (χ4n) is 3.41. The van der Waals surface area contributed by atoms with Crippen LogP contribution in [0.2, 0.25) is 0 Å². The summed E-state index contributed by atoms with van der Waals surface area (Å²) in [5.41, 5.74) is 4.37. The lowest BCUT2D eigenvalue weighted by atomic mass is 9.94. The zero-order valence-electron chi connectivity index (χ0n) is 13.4. The molecule has 0 radical (unpaired) electrons. The number of benzene rings is 1. The molecule has 5 heteroatoms. The lowest BCUT2D eigenvalue weighted by molar-refractivity contribution is 0.0943. The van der Waals surface area contributed by atoms with E-state index in [9.17, 15) is 4.79 Å². The van der Waals surface area contributed by atoms with E-state index >= 15 is 0 Å². The van der Waals surface area contributed by atoms with Crippen molar-refractivity contribution in [1.82, 2.24) is 20.4 Å². The summed E-state index contributed by atoms with van der Waals surface area (Å²) in [5.74, 6) is 0.512. The van der Waals surface area contributed by atoms with Crippen LogP contribution in [0.3, 0.4) is 0 Å². The Balaban J connectivity index is 1.43. The van der Waals surface area contributed by atoms with Gasteiger partial charge in [0.25, 0.3) is 5.91 Å². The number of rotatable bonds is 4. The highest BCUT2D eigenvalue weighted by molar-refractivity contribution is 5.92. The van der Waals surface area contributed by atoms with Crippen molar-refractivity contribution in [1.29, 1.82) is 0 Å². The first-order chi connectivity index (χ1) is 11.2. The predicted octanol–water partition coefficient (Wildman–Crippen LogP) is 1.91. The molecule has 1 aromatic heterocycles. The summed E-state index contributed by atoms with van der Waals surface area (Å²) in [5, 5.41) is 10.9. The monoisotopic (exact) mass is 310 g/mol. The van der Waals surface area contributed by atoms with E-state index in [4.69, 9.17) is 0 Å². The Morgan fingerprint density at radius 3 is 3.04 bits per heavy atom. The van der Waals surface area contributed by atoms with Crippen LogP contribution in [-0.4, -0.2) is 28.8 Å². The quantitative estimate of drug-likeness (QED) is 0.907. The summed E-state index contributed by atoms with van der Waals surface area (Å²) in [6, 6.07) is 10.6. The van der Waals surface area contributed by atoms with Crippen molar-refractivity contribution in [3.8, 4) is 0 Å². The van der Waals surface area contributed by atoms with Crippen LogP contribution >= 0.6 is 0 Å². The molecule has 0 saturated heterocycles. The van der Waals surface area contributed by atoms with Crippen molar-refractivity contribution >= 4 is 5.91 Å². The fourth-order valence-corrected chi connectivity index (χ4v) is 3.41. The highest BCUT2D eigenvalue weighted by Crippen LogP contribution is 2.39. The molecule has 2 heterocycles. The van der Waals surface area contributed by atoms with Gasteiger partial charge in [0, 0.05) is 31.2 Å². The number of fused-ring (bicyclic) bond motifs is 1. The second kappa shape index (κ2) is 5.81. The maximum absolute atomic E-state index is 12.4. The third-order valence-electron chi connectivity index (χ3n) is 4.83. The number of aromatic nitrogens is 2. The third-order valence-corrected chi connectivity index (χ3v) is 4.83. The molecule has 2 N–H and O–H groups in total. The molecule has 4 rings (SSSR count). The van der Waals surface area contributed by atoms with Crippen LogP contribution in [0, 0.1) is 0 Å². The first kappa shape index (κ1) is 14.5. The maximum atomic E-state index is 12.4. The van der Waals surface area contributed by atoms with Gasteiger partial charge in [-0.2, -0.15) is 5.10 Å². The van der Waals surface area contributed by atoms with Gasteiger partial charge in [-0.1, -0.05) is 24.3 Å². The Bertz CT molecular complexity index is 732. The normalized spacial score (nSPS) is 20.1. The van der Waals surface area contributed by atoms with Gasteiger partial charge in [-0.25, -0.2) is 0 Å². The fraction of sp³-hybridized carbons (Fsp3) is 0.444. The molecule has 5 nitrogen and oxygen atoms in total. The standard InChI is InChI=1S/C18H22N4O/c1-22-17(13-6-7-13)10-15(21-22)18(23)20-11-16-14-5-3-2-4-12(14)8-9-19-16/h2-5,10,13,16,19H,6-9,11H2,1H3,(H,20,23). The van der Waals surface area contributed by atoms with Crippen molar-refractivity contribution in [2.24, 2.45) is 7.05 Å². The summed E-state index contributed by atoms with van der Waals surface area (Å²) >= 11 is 0. The van der Waals surface area contributed by atoms with Gasteiger partial charge in [0.05, 0.1) is 0 Å². The molecule has 1 saturated carbocycles. The number of aryl methyl sites for hydroxylation is 1. The largest absolute Gasteiger partial charge is 0.349 e. The highest BCUT2D eigenvalue weighted by Gasteiger charge is 2.28. The summed E-state index contributed by atoms with van der Waals surface area (Å²) in [4.78, 5) is 12.4. The minimum atomic E-state index is -0.0858. The zero-order chi connectivity index (χ0) is 15.8.